The number of carbonyl (C=O) groups excluding carboxylic acids is 1. The molecule has 1 fully saturated rings. The lowest BCUT2D eigenvalue weighted by molar-refractivity contribution is -0.138. The van der Waals surface area contributed by atoms with E-state index in [0.717, 1.165) is 25.7 Å². The van der Waals surface area contributed by atoms with Gasteiger partial charge in [0.1, 0.15) is 9.84 Å². The molecule has 0 aromatic heterocycles. The van der Waals surface area contributed by atoms with Gasteiger partial charge in [0.25, 0.3) is 0 Å². The van der Waals surface area contributed by atoms with Gasteiger partial charge in [-0.3, -0.25) is 9.79 Å². The molecule has 24 heavy (non-hydrogen) atoms. The summed E-state index contributed by atoms with van der Waals surface area (Å²) in [7, 11) is 0.644. The van der Waals surface area contributed by atoms with E-state index in [0.29, 0.717) is 32.0 Å². The summed E-state index contributed by atoms with van der Waals surface area (Å²) >= 11 is 0. The molecule has 1 saturated carbocycles. The first kappa shape index (κ1) is 20.7. The Kier molecular flexibility index (Phi) is 7.99. The predicted octanol–water partition coefficient (Wildman–Crippen LogP) is 0.625. The fourth-order valence-electron chi connectivity index (χ4n) is 3.08. The molecule has 0 radical (unpaired) electrons. The standard InChI is InChI=1S/C16H32N4O3S/c1-5-17-15(18-11-8-12-24(4,22)23)19-13-16(9-6-7-10-16)14(21)20(2)3/h5-13H2,1-4H3,(H2,17,18,19). The van der Waals surface area contributed by atoms with Crippen LogP contribution in [0.2, 0.25) is 0 Å². The van der Waals surface area contributed by atoms with Crippen LogP contribution in [0.5, 0.6) is 0 Å². The third kappa shape index (κ3) is 6.67. The van der Waals surface area contributed by atoms with E-state index in [9.17, 15) is 13.2 Å². The second-order valence-electron chi connectivity index (χ2n) is 6.79. The van der Waals surface area contributed by atoms with Crippen molar-refractivity contribution in [3.63, 3.8) is 0 Å². The number of nitrogens with zero attached hydrogens (tertiary/aromatic N) is 2. The second kappa shape index (κ2) is 9.25. The Morgan fingerprint density at radius 3 is 2.33 bits per heavy atom. The minimum Gasteiger partial charge on any atom is -0.357 e. The molecule has 0 heterocycles. The van der Waals surface area contributed by atoms with E-state index in [-0.39, 0.29) is 11.7 Å². The van der Waals surface area contributed by atoms with Crippen molar-refractivity contribution < 1.29 is 13.2 Å². The molecule has 7 nitrogen and oxygen atoms in total. The molecule has 0 atom stereocenters. The molecule has 2 N–H and O–H groups in total. The quantitative estimate of drug-likeness (QED) is 0.376. The molecule has 0 bridgehead atoms. The summed E-state index contributed by atoms with van der Waals surface area (Å²) < 4.78 is 22.3. The van der Waals surface area contributed by atoms with Crippen molar-refractivity contribution in [2.75, 3.05) is 45.7 Å². The lowest BCUT2D eigenvalue weighted by atomic mass is 9.85. The Balaban J connectivity index is 2.67. The van der Waals surface area contributed by atoms with E-state index in [1.54, 1.807) is 19.0 Å². The Morgan fingerprint density at radius 1 is 1.21 bits per heavy atom. The molecule has 1 aliphatic carbocycles. The van der Waals surface area contributed by atoms with Gasteiger partial charge in [0.15, 0.2) is 5.96 Å². The van der Waals surface area contributed by atoms with Crippen LogP contribution in [0.4, 0.5) is 0 Å². The Hall–Kier alpha value is -1.31. The SMILES string of the molecule is CCNC(=NCC1(C(=O)N(C)C)CCCC1)NCCCS(C)(=O)=O. The molecule has 0 spiro atoms. The van der Waals surface area contributed by atoms with Crippen molar-refractivity contribution in [2.45, 2.75) is 39.0 Å². The van der Waals surface area contributed by atoms with Gasteiger partial charge in [-0.1, -0.05) is 12.8 Å². The number of sulfone groups is 1. The van der Waals surface area contributed by atoms with E-state index in [1.165, 1.54) is 6.26 Å². The van der Waals surface area contributed by atoms with Gasteiger partial charge in [0.05, 0.1) is 17.7 Å². The van der Waals surface area contributed by atoms with Crippen molar-refractivity contribution in [1.29, 1.82) is 0 Å². The lowest BCUT2D eigenvalue weighted by Gasteiger charge is -2.29. The largest absolute Gasteiger partial charge is 0.357 e. The van der Waals surface area contributed by atoms with Gasteiger partial charge in [-0.2, -0.15) is 0 Å². The summed E-state index contributed by atoms with van der Waals surface area (Å²) in [4.78, 5) is 18.8. The monoisotopic (exact) mass is 360 g/mol. The fraction of sp³-hybridized carbons (Fsp3) is 0.875. The maximum absolute atomic E-state index is 12.6. The lowest BCUT2D eigenvalue weighted by Crippen LogP contribution is -2.43. The van der Waals surface area contributed by atoms with Crippen LogP contribution in [-0.2, 0) is 14.6 Å². The molecule has 140 valence electrons. The maximum atomic E-state index is 12.6. The summed E-state index contributed by atoms with van der Waals surface area (Å²) in [6.45, 7) is 3.69. The van der Waals surface area contributed by atoms with Crippen LogP contribution in [0.25, 0.3) is 0 Å². The molecule has 8 heteroatoms. The van der Waals surface area contributed by atoms with Crippen LogP contribution in [0, 0.1) is 5.41 Å². The van der Waals surface area contributed by atoms with Crippen LogP contribution in [0.3, 0.4) is 0 Å². The Bertz CT molecular complexity index is 538. The highest BCUT2D eigenvalue weighted by atomic mass is 32.2. The van der Waals surface area contributed by atoms with Crippen molar-refractivity contribution in [2.24, 2.45) is 10.4 Å². The predicted molar refractivity (Wildman–Crippen MR) is 97.9 cm³/mol. The zero-order valence-corrected chi connectivity index (χ0v) is 16.2. The first-order valence-electron chi connectivity index (χ1n) is 8.62. The normalized spacial score (nSPS) is 17.6. The first-order chi connectivity index (χ1) is 11.2. The number of rotatable bonds is 8. The van der Waals surface area contributed by atoms with E-state index in [4.69, 9.17) is 0 Å². The number of nitrogens with one attached hydrogen (secondary N) is 2. The molecule has 1 rings (SSSR count). The van der Waals surface area contributed by atoms with Crippen LogP contribution in [-0.4, -0.2) is 70.9 Å². The van der Waals surface area contributed by atoms with Gasteiger partial charge < -0.3 is 15.5 Å². The average molecular weight is 361 g/mol. The van der Waals surface area contributed by atoms with Gasteiger partial charge in [0.2, 0.25) is 5.91 Å². The van der Waals surface area contributed by atoms with Crippen molar-refractivity contribution in [1.82, 2.24) is 15.5 Å². The molecule has 0 aliphatic heterocycles. The third-order valence-electron chi connectivity index (χ3n) is 4.29. The van der Waals surface area contributed by atoms with Gasteiger partial charge in [-0.25, -0.2) is 8.42 Å². The van der Waals surface area contributed by atoms with Gasteiger partial charge in [-0.15, -0.1) is 0 Å². The summed E-state index contributed by atoms with van der Waals surface area (Å²) in [6, 6.07) is 0. The molecule has 1 aliphatic rings. The number of hydrogen-bond acceptors (Lipinski definition) is 4. The van der Waals surface area contributed by atoms with Gasteiger partial charge >= 0.3 is 0 Å². The number of guanidine groups is 1. The van der Waals surface area contributed by atoms with E-state index in [2.05, 4.69) is 15.6 Å². The fourth-order valence-corrected chi connectivity index (χ4v) is 3.75. The van der Waals surface area contributed by atoms with Gasteiger partial charge in [0, 0.05) is 33.4 Å². The van der Waals surface area contributed by atoms with E-state index < -0.39 is 15.3 Å². The molecule has 1 amide bonds. The zero-order valence-electron chi connectivity index (χ0n) is 15.4. The molecular weight excluding hydrogens is 328 g/mol. The molecule has 0 aromatic carbocycles. The summed E-state index contributed by atoms with van der Waals surface area (Å²) in [5, 5.41) is 6.31. The Labute approximate surface area is 146 Å². The van der Waals surface area contributed by atoms with Crippen molar-refractivity contribution >= 4 is 21.7 Å². The molecule has 0 aromatic rings. The topological polar surface area (TPSA) is 90.9 Å². The van der Waals surface area contributed by atoms with E-state index >= 15 is 0 Å². The highest BCUT2D eigenvalue weighted by Gasteiger charge is 2.41. The minimum atomic E-state index is -2.94. The average Bonchev–Trinajstić information content (AvgIpc) is 2.97. The van der Waals surface area contributed by atoms with Gasteiger partial charge in [-0.05, 0) is 26.2 Å². The summed E-state index contributed by atoms with van der Waals surface area (Å²) in [5.41, 5.74) is -0.390. The van der Waals surface area contributed by atoms with Crippen LogP contribution < -0.4 is 10.6 Å². The third-order valence-corrected chi connectivity index (χ3v) is 5.32. The minimum absolute atomic E-state index is 0.150. The van der Waals surface area contributed by atoms with Crippen LogP contribution >= 0.6 is 0 Å². The van der Waals surface area contributed by atoms with Crippen molar-refractivity contribution in [3.05, 3.63) is 0 Å². The van der Waals surface area contributed by atoms with Crippen molar-refractivity contribution in [3.8, 4) is 0 Å². The van der Waals surface area contributed by atoms with Crippen LogP contribution in [0.15, 0.2) is 4.99 Å². The molecule has 0 unspecified atom stereocenters. The number of aliphatic imine (C=N–C) groups is 1. The summed E-state index contributed by atoms with van der Waals surface area (Å²) in [6.07, 6.45) is 5.65. The van der Waals surface area contributed by atoms with Crippen LogP contribution in [0.1, 0.15) is 39.0 Å². The Morgan fingerprint density at radius 2 is 1.83 bits per heavy atom. The highest BCUT2D eigenvalue weighted by molar-refractivity contribution is 7.90. The number of hydrogen-bond donors (Lipinski definition) is 2. The second-order valence-corrected chi connectivity index (χ2v) is 9.05. The molecule has 0 saturated heterocycles. The first-order valence-corrected chi connectivity index (χ1v) is 10.7. The summed E-state index contributed by atoms with van der Waals surface area (Å²) in [5.74, 6) is 0.947. The molecular formula is C16H32N4O3S. The number of amides is 1. The zero-order chi connectivity index (χ0) is 18.2. The smallest absolute Gasteiger partial charge is 0.230 e. The van der Waals surface area contributed by atoms with E-state index in [1.807, 2.05) is 6.92 Å². The highest BCUT2D eigenvalue weighted by Crippen LogP contribution is 2.39. The number of carbonyl (C=O) groups is 1. The maximum Gasteiger partial charge on any atom is 0.230 e.